The maximum atomic E-state index is 13.8. The SMILES string of the molecule is CO[C@H]1C/C=C/[C@H](O)C2CCC2CN2CCCCc3cc(Cl)ccc3COc3ccc(cc32)C(=O)NS(=O)(=O)[C@@H]1CC1CCC1. The normalized spacial score (nSPS) is 29.8. The number of aryl methyl sites for hydroxylation is 1. The number of benzene rings is 2. The number of sulfonamides is 1. The number of nitrogens with one attached hydrogen (secondary N) is 1. The van der Waals surface area contributed by atoms with E-state index in [-0.39, 0.29) is 23.3 Å². The van der Waals surface area contributed by atoms with Crippen molar-refractivity contribution in [3.05, 3.63) is 70.3 Å². The highest BCUT2D eigenvalue weighted by molar-refractivity contribution is 7.90. The van der Waals surface area contributed by atoms with Crippen LogP contribution < -0.4 is 14.4 Å². The second-order valence-electron chi connectivity index (χ2n) is 13.3. The quantitative estimate of drug-likeness (QED) is 0.388. The fraction of sp³-hybridized carbons (Fsp3) is 0.571. The Morgan fingerprint density at radius 1 is 1.07 bits per heavy atom. The highest BCUT2D eigenvalue weighted by Crippen LogP contribution is 2.41. The van der Waals surface area contributed by atoms with Crippen LogP contribution in [-0.4, -0.2) is 57.1 Å². The van der Waals surface area contributed by atoms with Crippen LogP contribution in [0, 0.1) is 17.8 Å². The molecule has 2 aliphatic heterocycles. The summed E-state index contributed by atoms with van der Waals surface area (Å²) in [5.74, 6) is 0.645. The van der Waals surface area contributed by atoms with E-state index in [0.29, 0.717) is 36.8 Å². The molecule has 2 bridgehead atoms. The third kappa shape index (κ3) is 7.37. The Morgan fingerprint density at radius 3 is 2.64 bits per heavy atom. The summed E-state index contributed by atoms with van der Waals surface area (Å²) in [5.41, 5.74) is 3.27. The number of anilines is 1. The molecule has 0 spiro atoms. The summed E-state index contributed by atoms with van der Waals surface area (Å²) in [5, 5.41) is 11.0. The van der Waals surface area contributed by atoms with Crippen molar-refractivity contribution in [3.63, 3.8) is 0 Å². The smallest absolute Gasteiger partial charge is 0.264 e. The molecule has 2 N–H and O–H groups in total. The first kappa shape index (κ1) is 32.4. The van der Waals surface area contributed by atoms with Gasteiger partial charge in [-0.2, -0.15) is 0 Å². The van der Waals surface area contributed by atoms with Crippen molar-refractivity contribution in [2.24, 2.45) is 17.8 Å². The molecule has 0 saturated heterocycles. The van der Waals surface area contributed by atoms with Gasteiger partial charge in [0.05, 0.1) is 17.9 Å². The molecule has 2 saturated carbocycles. The maximum absolute atomic E-state index is 13.8. The number of amides is 1. The summed E-state index contributed by atoms with van der Waals surface area (Å²) >= 11 is 6.33. The van der Waals surface area contributed by atoms with Gasteiger partial charge in [-0.25, -0.2) is 13.1 Å². The summed E-state index contributed by atoms with van der Waals surface area (Å²) in [6, 6.07) is 11.1. The number of hydrogen-bond acceptors (Lipinski definition) is 7. The van der Waals surface area contributed by atoms with Crippen LogP contribution in [-0.2, 0) is 27.8 Å². The first-order valence-corrected chi connectivity index (χ1v) is 18.4. The summed E-state index contributed by atoms with van der Waals surface area (Å²) in [6.45, 7) is 1.80. The molecule has 8 nitrogen and oxygen atoms in total. The molecule has 0 radical (unpaired) electrons. The predicted molar refractivity (Wildman–Crippen MR) is 176 cm³/mol. The Bertz CT molecular complexity index is 1510. The summed E-state index contributed by atoms with van der Waals surface area (Å²) in [4.78, 5) is 15.9. The van der Waals surface area contributed by atoms with Gasteiger partial charge in [-0.1, -0.05) is 49.1 Å². The highest BCUT2D eigenvalue weighted by Gasteiger charge is 2.39. The molecule has 2 heterocycles. The van der Waals surface area contributed by atoms with Crippen molar-refractivity contribution in [2.75, 3.05) is 25.1 Å². The monoisotopic (exact) mass is 656 g/mol. The van der Waals surface area contributed by atoms with Gasteiger partial charge in [-0.15, -0.1) is 0 Å². The number of fused-ring (bicyclic) bond motifs is 3. The maximum Gasteiger partial charge on any atom is 0.264 e. The molecule has 4 aliphatic rings. The molecule has 10 heteroatoms. The fourth-order valence-electron chi connectivity index (χ4n) is 7.33. The molecule has 2 aromatic carbocycles. The number of carbonyl (C=O) groups excluding carboxylic acids is 1. The Labute approximate surface area is 272 Å². The summed E-state index contributed by atoms with van der Waals surface area (Å²) in [7, 11) is -2.56. The Hall–Kier alpha value is -2.59. The molecule has 1 amide bonds. The zero-order valence-electron chi connectivity index (χ0n) is 26.0. The number of methoxy groups -OCH3 is 1. The predicted octanol–water partition coefficient (Wildman–Crippen LogP) is 6.04. The number of hydrogen-bond donors (Lipinski definition) is 2. The van der Waals surface area contributed by atoms with Gasteiger partial charge in [-0.3, -0.25) is 4.79 Å². The highest BCUT2D eigenvalue weighted by atomic mass is 35.5. The molecule has 5 atom stereocenters. The molecule has 45 heavy (non-hydrogen) atoms. The van der Waals surface area contributed by atoms with Crippen molar-refractivity contribution in [3.8, 4) is 5.75 Å². The van der Waals surface area contributed by atoms with E-state index in [2.05, 4.69) is 9.62 Å². The van der Waals surface area contributed by atoms with Gasteiger partial charge in [0.1, 0.15) is 17.6 Å². The average molecular weight is 657 g/mol. The minimum Gasteiger partial charge on any atom is -0.487 e. The first-order valence-electron chi connectivity index (χ1n) is 16.4. The zero-order valence-corrected chi connectivity index (χ0v) is 27.6. The standard InChI is InChI=1S/C35H45ClN2O6S/c1-43-33-10-5-9-31(39)29-15-12-26(29)21-38-17-3-2-8-24-19-28(36)14-11-27(24)22-44-32-16-13-25(20-30(32)38)35(40)37-45(41,42)34(33)18-23-6-4-7-23/h5,9,11,13-14,16,19-20,23,26,29,31,33-34,39H,2-4,6-8,10,12,15,17-18,21-22H2,1H3,(H,37,40)/b9-5+/t26?,29?,31-,33-,34+/m0/s1. The van der Waals surface area contributed by atoms with Crippen LogP contribution in [0.15, 0.2) is 48.6 Å². The van der Waals surface area contributed by atoms with E-state index in [1.807, 2.05) is 30.4 Å². The summed E-state index contributed by atoms with van der Waals surface area (Å²) in [6.07, 6.45) is 10.9. The molecular weight excluding hydrogens is 612 g/mol. The minimum absolute atomic E-state index is 0.102. The van der Waals surface area contributed by atoms with Crippen molar-refractivity contribution in [1.82, 2.24) is 4.72 Å². The van der Waals surface area contributed by atoms with Crippen LogP contribution in [0.1, 0.15) is 79.3 Å². The van der Waals surface area contributed by atoms with E-state index in [1.165, 1.54) is 12.7 Å². The van der Waals surface area contributed by atoms with E-state index < -0.39 is 33.4 Å². The largest absolute Gasteiger partial charge is 0.487 e. The molecule has 2 unspecified atom stereocenters. The molecule has 2 aliphatic carbocycles. The van der Waals surface area contributed by atoms with Crippen LogP contribution in [0.5, 0.6) is 5.75 Å². The third-order valence-corrected chi connectivity index (χ3v) is 12.4. The van der Waals surface area contributed by atoms with Gasteiger partial charge in [0.15, 0.2) is 0 Å². The lowest BCUT2D eigenvalue weighted by Crippen LogP contribution is -2.46. The number of rotatable bonds is 3. The van der Waals surface area contributed by atoms with Gasteiger partial charge in [-0.05, 0) is 104 Å². The number of nitrogens with zero attached hydrogens (tertiary/aromatic N) is 1. The minimum atomic E-state index is -4.08. The second-order valence-corrected chi connectivity index (χ2v) is 15.6. The van der Waals surface area contributed by atoms with Gasteiger partial charge >= 0.3 is 0 Å². The summed E-state index contributed by atoms with van der Waals surface area (Å²) < 4.78 is 42.3. The number of carbonyl (C=O) groups is 1. The van der Waals surface area contributed by atoms with Crippen molar-refractivity contribution in [2.45, 2.75) is 88.3 Å². The van der Waals surface area contributed by atoms with Gasteiger partial charge in [0.25, 0.3) is 5.91 Å². The molecular formula is C35H45ClN2O6S. The lowest BCUT2D eigenvalue weighted by atomic mass is 9.70. The van der Waals surface area contributed by atoms with E-state index >= 15 is 0 Å². The molecule has 2 aromatic rings. The topological polar surface area (TPSA) is 105 Å². The molecule has 244 valence electrons. The van der Waals surface area contributed by atoms with E-state index in [9.17, 15) is 18.3 Å². The van der Waals surface area contributed by atoms with Crippen LogP contribution in [0.25, 0.3) is 0 Å². The van der Waals surface area contributed by atoms with Crippen LogP contribution in [0.4, 0.5) is 5.69 Å². The van der Waals surface area contributed by atoms with Gasteiger partial charge < -0.3 is 19.5 Å². The second kappa shape index (κ2) is 14.0. The number of ether oxygens (including phenoxy) is 2. The van der Waals surface area contributed by atoms with Crippen LogP contribution in [0.3, 0.4) is 0 Å². The Morgan fingerprint density at radius 2 is 1.91 bits per heavy atom. The lowest BCUT2D eigenvalue weighted by molar-refractivity contribution is 0.0455. The van der Waals surface area contributed by atoms with Crippen molar-refractivity contribution in [1.29, 1.82) is 0 Å². The molecule has 0 aromatic heterocycles. The zero-order chi connectivity index (χ0) is 31.6. The van der Waals surface area contributed by atoms with Crippen molar-refractivity contribution >= 4 is 33.2 Å². The van der Waals surface area contributed by atoms with Crippen molar-refractivity contribution < 1.29 is 27.8 Å². The lowest BCUT2D eigenvalue weighted by Gasteiger charge is -2.42. The van der Waals surface area contributed by atoms with Crippen LogP contribution in [0.2, 0.25) is 5.02 Å². The van der Waals surface area contributed by atoms with E-state index in [4.69, 9.17) is 21.1 Å². The molecule has 6 rings (SSSR count). The Balaban J connectivity index is 1.37. The average Bonchev–Trinajstić information content (AvgIpc) is 3.00. The van der Waals surface area contributed by atoms with E-state index in [0.717, 1.165) is 69.2 Å². The van der Waals surface area contributed by atoms with E-state index in [1.54, 1.807) is 18.2 Å². The number of aliphatic hydroxyl groups is 1. The molecule has 2 fully saturated rings. The number of aliphatic hydroxyl groups excluding tert-OH is 1. The first-order chi connectivity index (χ1) is 21.7. The van der Waals surface area contributed by atoms with Gasteiger partial charge in [0.2, 0.25) is 10.0 Å². The Kier molecular flexibility index (Phi) is 10.1. The third-order valence-electron chi connectivity index (χ3n) is 10.5. The van der Waals surface area contributed by atoms with Crippen LogP contribution >= 0.6 is 11.6 Å². The van der Waals surface area contributed by atoms with Gasteiger partial charge in [0, 0.05) is 30.8 Å². The fourth-order valence-corrected chi connectivity index (χ4v) is 9.20. The number of halogens is 1.